The van der Waals surface area contributed by atoms with Crippen LogP contribution in [0.4, 0.5) is 4.79 Å². The molecule has 0 spiro atoms. The fourth-order valence-electron chi connectivity index (χ4n) is 2.26. The van der Waals surface area contributed by atoms with Crippen LogP contribution in [0.2, 0.25) is 0 Å². The van der Waals surface area contributed by atoms with Crippen LogP contribution >= 0.6 is 0 Å². The van der Waals surface area contributed by atoms with Gasteiger partial charge in [-0.3, -0.25) is 4.79 Å². The van der Waals surface area contributed by atoms with Crippen LogP contribution in [0.25, 0.3) is 0 Å². The number of carboxylic acids is 1. The van der Waals surface area contributed by atoms with E-state index in [0.717, 1.165) is 5.56 Å². The van der Waals surface area contributed by atoms with E-state index >= 15 is 0 Å². The van der Waals surface area contributed by atoms with E-state index in [2.05, 4.69) is 11.2 Å². The molecule has 1 atom stereocenters. The van der Waals surface area contributed by atoms with Crippen molar-refractivity contribution in [1.29, 1.82) is 0 Å². The van der Waals surface area contributed by atoms with Gasteiger partial charge in [0.2, 0.25) is 0 Å². The number of carboxylic acid groups (broad SMARTS) is 1. The number of carbonyl (C=O) groups excluding carboxylic acids is 1. The maximum atomic E-state index is 12.0. The van der Waals surface area contributed by atoms with E-state index in [1.807, 2.05) is 12.1 Å². The molecular formula is C16H18N2O4. The molecule has 0 radical (unpaired) electrons. The predicted molar refractivity (Wildman–Crippen MR) is 80.3 cm³/mol. The van der Waals surface area contributed by atoms with Crippen molar-refractivity contribution >= 4 is 12.0 Å². The minimum atomic E-state index is -0.849. The molecule has 6 heteroatoms. The summed E-state index contributed by atoms with van der Waals surface area (Å²) in [6.07, 6.45) is 5.62. The van der Waals surface area contributed by atoms with Crippen LogP contribution in [-0.4, -0.2) is 41.7 Å². The highest BCUT2D eigenvalue weighted by molar-refractivity contribution is 5.77. The van der Waals surface area contributed by atoms with Crippen LogP contribution in [-0.2, 0) is 11.3 Å². The minimum absolute atomic E-state index is 0.218. The van der Waals surface area contributed by atoms with E-state index in [-0.39, 0.29) is 19.2 Å². The monoisotopic (exact) mass is 302 g/mol. The zero-order valence-corrected chi connectivity index (χ0v) is 12.1. The first kappa shape index (κ1) is 15.7. The van der Waals surface area contributed by atoms with Crippen LogP contribution in [0.15, 0.2) is 24.3 Å². The lowest BCUT2D eigenvalue weighted by Gasteiger charge is -2.16. The van der Waals surface area contributed by atoms with Crippen LogP contribution in [0.3, 0.4) is 0 Å². The van der Waals surface area contributed by atoms with E-state index in [4.69, 9.17) is 16.3 Å². The van der Waals surface area contributed by atoms with Crippen molar-refractivity contribution in [3.05, 3.63) is 29.8 Å². The topological polar surface area (TPSA) is 78.9 Å². The van der Waals surface area contributed by atoms with E-state index in [0.29, 0.717) is 25.3 Å². The molecule has 116 valence electrons. The van der Waals surface area contributed by atoms with Gasteiger partial charge in [0.15, 0.2) is 0 Å². The molecule has 22 heavy (non-hydrogen) atoms. The Bertz CT molecular complexity index is 577. The number of likely N-dealkylation sites (tertiary alicyclic amines) is 1. The summed E-state index contributed by atoms with van der Waals surface area (Å²) in [5.41, 5.74) is 0.926. The van der Waals surface area contributed by atoms with Gasteiger partial charge in [-0.15, -0.1) is 6.42 Å². The molecule has 2 N–H and O–H groups in total. The van der Waals surface area contributed by atoms with E-state index < -0.39 is 11.9 Å². The Morgan fingerprint density at radius 3 is 2.73 bits per heavy atom. The van der Waals surface area contributed by atoms with Gasteiger partial charge in [-0.2, -0.15) is 0 Å². The molecule has 1 heterocycles. The van der Waals surface area contributed by atoms with Crippen molar-refractivity contribution in [2.75, 3.05) is 19.7 Å². The Kier molecular flexibility index (Phi) is 5.26. The van der Waals surface area contributed by atoms with Gasteiger partial charge in [0.05, 0.1) is 5.92 Å². The highest BCUT2D eigenvalue weighted by Gasteiger charge is 2.30. The van der Waals surface area contributed by atoms with E-state index in [9.17, 15) is 9.59 Å². The first-order valence-electron chi connectivity index (χ1n) is 7.01. The molecule has 1 aliphatic heterocycles. The molecule has 2 rings (SSSR count). The lowest BCUT2D eigenvalue weighted by Crippen LogP contribution is -2.38. The Labute approximate surface area is 129 Å². The van der Waals surface area contributed by atoms with Crippen molar-refractivity contribution in [2.24, 2.45) is 5.92 Å². The molecule has 1 aromatic rings. The minimum Gasteiger partial charge on any atom is -0.481 e. The number of urea groups is 1. The van der Waals surface area contributed by atoms with Gasteiger partial charge in [-0.1, -0.05) is 18.1 Å². The smallest absolute Gasteiger partial charge is 0.317 e. The van der Waals surface area contributed by atoms with Gasteiger partial charge in [0.1, 0.15) is 12.4 Å². The molecule has 0 aliphatic carbocycles. The summed E-state index contributed by atoms with van der Waals surface area (Å²) in [4.78, 5) is 24.4. The van der Waals surface area contributed by atoms with Crippen LogP contribution in [0.1, 0.15) is 12.0 Å². The molecule has 0 aromatic heterocycles. The second-order valence-electron chi connectivity index (χ2n) is 5.07. The summed E-state index contributed by atoms with van der Waals surface area (Å²) in [5, 5.41) is 11.7. The fraction of sp³-hybridized carbons (Fsp3) is 0.375. The molecule has 1 aromatic carbocycles. The fourth-order valence-corrected chi connectivity index (χ4v) is 2.26. The SMILES string of the molecule is C#CCOc1ccc(CNC(=O)N2CCC(C(=O)O)C2)cc1. The lowest BCUT2D eigenvalue weighted by atomic mass is 10.1. The Morgan fingerprint density at radius 2 is 2.14 bits per heavy atom. The maximum absolute atomic E-state index is 12.0. The zero-order valence-electron chi connectivity index (χ0n) is 12.1. The summed E-state index contributed by atoms with van der Waals surface area (Å²) in [6, 6.07) is 7.02. The number of hydrogen-bond acceptors (Lipinski definition) is 3. The molecule has 1 unspecified atom stereocenters. The normalized spacial score (nSPS) is 16.9. The lowest BCUT2D eigenvalue weighted by molar-refractivity contribution is -0.141. The standard InChI is InChI=1S/C16H18N2O4/c1-2-9-22-14-5-3-12(4-6-14)10-17-16(21)18-8-7-13(11-18)15(19)20/h1,3-6,13H,7-11H2,(H,17,21)(H,19,20). The molecule has 1 saturated heterocycles. The second kappa shape index (κ2) is 7.36. The molecular weight excluding hydrogens is 284 g/mol. The summed E-state index contributed by atoms with van der Waals surface area (Å²) < 4.78 is 5.26. The second-order valence-corrected chi connectivity index (χ2v) is 5.07. The first-order valence-corrected chi connectivity index (χ1v) is 7.01. The van der Waals surface area contributed by atoms with Gasteiger partial charge < -0.3 is 20.1 Å². The average molecular weight is 302 g/mol. The largest absolute Gasteiger partial charge is 0.481 e. The maximum Gasteiger partial charge on any atom is 0.317 e. The third-order valence-electron chi connectivity index (χ3n) is 3.51. The Morgan fingerprint density at radius 1 is 1.41 bits per heavy atom. The average Bonchev–Trinajstić information content (AvgIpc) is 3.02. The van der Waals surface area contributed by atoms with Crippen molar-refractivity contribution in [1.82, 2.24) is 10.2 Å². The number of carbonyl (C=O) groups is 2. The molecule has 1 aliphatic rings. The number of benzene rings is 1. The van der Waals surface area contributed by atoms with Gasteiger partial charge in [-0.25, -0.2) is 4.79 Å². The molecule has 1 fully saturated rings. The number of nitrogens with zero attached hydrogens (tertiary/aromatic N) is 1. The number of aliphatic carboxylic acids is 1. The molecule has 0 saturated carbocycles. The number of nitrogens with one attached hydrogen (secondary N) is 1. The van der Waals surface area contributed by atoms with Crippen molar-refractivity contribution < 1.29 is 19.4 Å². The van der Waals surface area contributed by atoms with Gasteiger partial charge in [0.25, 0.3) is 0 Å². The van der Waals surface area contributed by atoms with Gasteiger partial charge in [-0.05, 0) is 24.1 Å². The third kappa shape index (κ3) is 4.16. The third-order valence-corrected chi connectivity index (χ3v) is 3.51. The predicted octanol–water partition coefficient (Wildman–Crippen LogP) is 1.31. The summed E-state index contributed by atoms with van der Waals surface area (Å²) in [6.45, 7) is 1.33. The van der Waals surface area contributed by atoms with Crippen LogP contribution in [0, 0.1) is 18.3 Å². The first-order chi connectivity index (χ1) is 10.6. The van der Waals surface area contributed by atoms with Crippen molar-refractivity contribution in [2.45, 2.75) is 13.0 Å². The van der Waals surface area contributed by atoms with Crippen LogP contribution < -0.4 is 10.1 Å². The molecule has 2 amide bonds. The Hall–Kier alpha value is -2.68. The van der Waals surface area contributed by atoms with Crippen molar-refractivity contribution in [3.63, 3.8) is 0 Å². The number of ether oxygens (including phenoxy) is 1. The summed E-state index contributed by atoms with van der Waals surface area (Å²) >= 11 is 0. The van der Waals surface area contributed by atoms with Gasteiger partial charge in [0, 0.05) is 19.6 Å². The van der Waals surface area contributed by atoms with E-state index in [1.165, 1.54) is 4.90 Å². The molecule has 0 bridgehead atoms. The highest BCUT2D eigenvalue weighted by atomic mass is 16.5. The summed E-state index contributed by atoms with van der Waals surface area (Å²) in [7, 11) is 0. The van der Waals surface area contributed by atoms with Crippen LogP contribution in [0.5, 0.6) is 5.75 Å². The van der Waals surface area contributed by atoms with E-state index in [1.54, 1.807) is 12.1 Å². The number of rotatable bonds is 5. The van der Waals surface area contributed by atoms with Crippen molar-refractivity contribution in [3.8, 4) is 18.1 Å². The zero-order chi connectivity index (χ0) is 15.9. The Balaban J connectivity index is 1.79. The number of amides is 2. The quantitative estimate of drug-likeness (QED) is 0.804. The summed E-state index contributed by atoms with van der Waals surface area (Å²) in [5.74, 6) is 1.76. The molecule has 6 nitrogen and oxygen atoms in total. The highest BCUT2D eigenvalue weighted by Crippen LogP contribution is 2.16. The van der Waals surface area contributed by atoms with Gasteiger partial charge >= 0.3 is 12.0 Å². The number of hydrogen-bond donors (Lipinski definition) is 2. The number of terminal acetylenes is 1.